The number of nitrogens with one attached hydrogen (secondary N) is 1. The number of pyridine rings is 1. The fourth-order valence-corrected chi connectivity index (χ4v) is 2.72. The van der Waals surface area contributed by atoms with Gasteiger partial charge in [-0.1, -0.05) is 6.42 Å². The third-order valence-electron chi connectivity index (χ3n) is 3.68. The Morgan fingerprint density at radius 2 is 2.14 bits per heavy atom. The molecule has 0 atom stereocenters. The summed E-state index contributed by atoms with van der Waals surface area (Å²) in [5.41, 5.74) is 2.30. The molecule has 21 heavy (non-hydrogen) atoms. The fraction of sp³-hybridized carbons (Fsp3) is 0.400. The highest BCUT2D eigenvalue weighted by Crippen LogP contribution is 2.30. The van der Waals surface area contributed by atoms with Crippen molar-refractivity contribution < 1.29 is 9.18 Å². The quantitative estimate of drug-likeness (QED) is 0.924. The SMILES string of the molecule is CC(=O)Nc1cc(-c2cnn3c2CCCCC3)c(F)cn1. The molecule has 0 radical (unpaired) electrons. The standard InChI is InChI=1S/C15H17FN4O/c1-10(21)19-15-7-11(13(16)9-17-15)12-8-18-20-6-4-2-3-5-14(12)20/h7-9H,2-6H2,1H3,(H,17,19,21). The largest absolute Gasteiger partial charge is 0.311 e. The van der Waals surface area contributed by atoms with E-state index >= 15 is 0 Å². The second-order valence-corrected chi connectivity index (χ2v) is 5.27. The Kier molecular flexibility index (Phi) is 3.68. The maximum atomic E-state index is 14.1. The van der Waals surface area contributed by atoms with Gasteiger partial charge in [0.05, 0.1) is 12.4 Å². The van der Waals surface area contributed by atoms with Gasteiger partial charge in [-0.2, -0.15) is 5.10 Å². The third kappa shape index (κ3) is 2.79. The van der Waals surface area contributed by atoms with E-state index < -0.39 is 5.82 Å². The van der Waals surface area contributed by atoms with Gasteiger partial charge in [0.2, 0.25) is 5.91 Å². The van der Waals surface area contributed by atoms with Crippen molar-refractivity contribution in [1.82, 2.24) is 14.8 Å². The molecular weight excluding hydrogens is 271 g/mol. The summed E-state index contributed by atoms with van der Waals surface area (Å²) >= 11 is 0. The Hall–Kier alpha value is -2.24. The minimum Gasteiger partial charge on any atom is -0.311 e. The van der Waals surface area contributed by atoms with E-state index in [0.717, 1.165) is 43.3 Å². The summed E-state index contributed by atoms with van der Waals surface area (Å²) in [4.78, 5) is 15.0. The van der Waals surface area contributed by atoms with E-state index in [2.05, 4.69) is 15.4 Å². The second kappa shape index (κ2) is 5.63. The lowest BCUT2D eigenvalue weighted by Crippen LogP contribution is -2.08. The number of carbonyl (C=O) groups excluding carboxylic acids is 1. The molecule has 1 aliphatic heterocycles. The predicted molar refractivity (Wildman–Crippen MR) is 77.3 cm³/mol. The molecule has 0 saturated carbocycles. The number of rotatable bonds is 2. The monoisotopic (exact) mass is 288 g/mol. The lowest BCUT2D eigenvalue weighted by molar-refractivity contribution is -0.114. The van der Waals surface area contributed by atoms with Crippen molar-refractivity contribution in [3.63, 3.8) is 0 Å². The molecule has 110 valence electrons. The van der Waals surface area contributed by atoms with Crippen LogP contribution in [0, 0.1) is 5.82 Å². The molecule has 0 bridgehead atoms. The van der Waals surface area contributed by atoms with E-state index in [1.807, 2.05) is 4.68 Å². The van der Waals surface area contributed by atoms with Crippen LogP contribution in [0.4, 0.5) is 10.2 Å². The number of hydrogen-bond donors (Lipinski definition) is 1. The van der Waals surface area contributed by atoms with Gasteiger partial charge in [-0.25, -0.2) is 9.37 Å². The molecule has 5 nitrogen and oxygen atoms in total. The highest BCUT2D eigenvalue weighted by Gasteiger charge is 2.18. The van der Waals surface area contributed by atoms with E-state index in [0.29, 0.717) is 11.4 Å². The normalized spacial score (nSPS) is 14.4. The summed E-state index contributed by atoms with van der Waals surface area (Å²) < 4.78 is 16.1. The lowest BCUT2D eigenvalue weighted by atomic mass is 10.0. The van der Waals surface area contributed by atoms with Gasteiger partial charge in [-0.05, 0) is 25.3 Å². The first-order chi connectivity index (χ1) is 10.1. The Labute approximate surface area is 122 Å². The number of fused-ring (bicyclic) bond motifs is 1. The molecule has 0 fully saturated rings. The molecule has 0 spiro atoms. The summed E-state index contributed by atoms with van der Waals surface area (Å²) in [6.45, 7) is 2.28. The average Bonchev–Trinajstić information content (AvgIpc) is 2.69. The molecule has 0 saturated heterocycles. The summed E-state index contributed by atoms with van der Waals surface area (Å²) in [6, 6.07) is 1.57. The highest BCUT2D eigenvalue weighted by molar-refractivity contribution is 5.88. The van der Waals surface area contributed by atoms with Crippen molar-refractivity contribution >= 4 is 11.7 Å². The Morgan fingerprint density at radius 3 is 2.95 bits per heavy atom. The van der Waals surface area contributed by atoms with Crippen LogP contribution in [-0.4, -0.2) is 20.7 Å². The van der Waals surface area contributed by atoms with E-state index in [-0.39, 0.29) is 5.91 Å². The number of anilines is 1. The first-order valence-electron chi connectivity index (χ1n) is 7.13. The smallest absolute Gasteiger partial charge is 0.222 e. The molecule has 6 heteroatoms. The molecule has 3 rings (SSSR count). The van der Waals surface area contributed by atoms with Crippen LogP contribution in [-0.2, 0) is 17.8 Å². The van der Waals surface area contributed by atoms with Gasteiger partial charge < -0.3 is 5.32 Å². The second-order valence-electron chi connectivity index (χ2n) is 5.27. The molecule has 1 aliphatic rings. The number of aromatic nitrogens is 3. The fourth-order valence-electron chi connectivity index (χ4n) is 2.72. The number of halogens is 1. The lowest BCUT2D eigenvalue weighted by Gasteiger charge is -2.08. The minimum atomic E-state index is -0.399. The van der Waals surface area contributed by atoms with Gasteiger partial charge in [-0.15, -0.1) is 0 Å². The van der Waals surface area contributed by atoms with Crippen molar-refractivity contribution in [3.05, 3.63) is 30.0 Å². The maximum Gasteiger partial charge on any atom is 0.222 e. The zero-order chi connectivity index (χ0) is 14.8. The summed E-state index contributed by atoms with van der Waals surface area (Å²) in [6.07, 6.45) is 7.09. The van der Waals surface area contributed by atoms with Crippen LogP contribution >= 0.6 is 0 Å². The maximum absolute atomic E-state index is 14.1. The molecule has 0 unspecified atom stereocenters. The van der Waals surface area contributed by atoms with Crippen LogP contribution < -0.4 is 5.32 Å². The third-order valence-corrected chi connectivity index (χ3v) is 3.68. The zero-order valence-electron chi connectivity index (χ0n) is 11.9. The number of carbonyl (C=O) groups is 1. The van der Waals surface area contributed by atoms with Gasteiger partial charge >= 0.3 is 0 Å². The average molecular weight is 288 g/mol. The molecular formula is C15H17FN4O. The molecule has 1 amide bonds. The predicted octanol–water partition coefficient (Wildman–Crippen LogP) is 2.77. The van der Waals surface area contributed by atoms with Crippen LogP contribution in [0.1, 0.15) is 31.9 Å². The van der Waals surface area contributed by atoms with Crippen molar-refractivity contribution in [2.24, 2.45) is 0 Å². The van der Waals surface area contributed by atoms with Gasteiger partial charge in [-0.3, -0.25) is 9.48 Å². The van der Waals surface area contributed by atoms with Gasteiger partial charge in [0.25, 0.3) is 0 Å². The van der Waals surface area contributed by atoms with Crippen LogP contribution in [0.15, 0.2) is 18.5 Å². The number of amides is 1. The van der Waals surface area contributed by atoms with Crippen molar-refractivity contribution in [1.29, 1.82) is 0 Å². The Balaban J connectivity index is 2.03. The van der Waals surface area contributed by atoms with E-state index in [1.54, 1.807) is 12.3 Å². The highest BCUT2D eigenvalue weighted by atomic mass is 19.1. The zero-order valence-corrected chi connectivity index (χ0v) is 11.9. The van der Waals surface area contributed by atoms with Crippen LogP contribution in [0.5, 0.6) is 0 Å². The van der Waals surface area contributed by atoms with Gasteiger partial charge in [0, 0.05) is 30.3 Å². The molecule has 0 aromatic carbocycles. The molecule has 0 aliphatic carbocycles. The molecule has 2 aromatic rings. The summed E-state index contributed by atoms with van der Waals surface area (Å²) in [7, 11) is 0. The molecule has 3 heterocycles. The van der Waals surface area contributed by atoms with Crippen LogP contribution in [0.25, 0.3) is 11.1 Å². The van der Waals surface area contributed by atoms with Gasteiger partial charge in [0.1, 0.15) is 11.6 Å². The number of nitrogens with zero attached hydrogens (tertiary/aromatic N) is 3. The van der Waals surface area contributed by atoms with Crippen molar-refractivity contribution in [3.8, 4) is 11.1 Å². The Morgan fingerprint density at radius 1 is 1.29 bits per heavy atom. The van der Waals surface area contributed by atoms with Crippen molar-refractivity contribution in [2.75, 3.05) is 5.32 Å². The number of aryl methyl sites for hydroxylation is 1. The summed E-state index contributed by atoms with van der Waals surface area (Å²) in [5.74, 6) is -0.273. The van der Waals surface area contributed by atoms with Crippen molar-refractivity contribution in [2.45, 2.75) is 39.2 Å². The molecule has 1 N–H and O–H groups in total. The van der Waals surface area contributed by atoms with Crippen LogP contribution in [0.3, 0.4) is 0 Å². The topological polar surface area (TPSA) is 59.8 Å². The molecule has 2 aromatic heterocycles. The first-order valence-corrected chi connectivity index (χ1v) is 7.13. The summed E-state index contributed by atoms with van der Waals surface area (Å²) in [5, 5.41) is 6.95. The van der Waals surface area contributed by atoms with Crippen LogP contribution in [0.2, 0.25) is 0 Å². The van der Waals surface area contributed by atoms with E-state index in [1.165, 1.54) is 13.3 Å². The number of hydrogen-bond acceptors (Lipinski definition) is 3. The van der Waals surface area contributed by atoms with E-state index in [4.69, 9.17) is 0 Å². The Bertz CT molecular complexity index is 680. The van der Waals surface area contributed by atoms with E-state index in [9.17, 15) is 9.18 Å². The first kappa shape index (κ1) is 13.7. The minimum absolute atomic E-state index is 0.228. The van der Waals surface area contributed by atoms with Gasteiger partial charge in [0.15, 0.2) is 0 Å².